The van der Waals surface area contributed by atoms with Crippen LogP contribution in [-0.2, 0) is 13.0 Å². The first-order valence-corrected chi connectivity index (χ1v) is 8.04. The molecule has 1 unspecified atom stereocenters. The fraction of sp³-hybridized carbons (Fsp3) is 0.278. The van der Waals surface area contributed by atoms with Gasteiger partial charge in [0.1, 0.15) is 0 Å². The number of aryl methyl sites for hydroxylation is 1. The van der Waals surface area contributed by atoms with Crippen molar-refractivity contribution < 1.29 is 5.11 Å². The van der Waals surface area contributed by atoms with Crippen LogP contribution in [0.25, 0.3) is 5.69 Å². The molecule has 0 saturated carbocycles. The van der Waals surface area contributed by atoms with Crippen molar-refractivity contribution in [1.82, 2.24) is 25.3 Å². The Bertz CT molecular complexity index is 713. The Balaban J connectivity index is 1.50. The number of pyridine rings is 1. The predicted molar refractivity (Wildman–Crippen MR) is 91.6 cm³/mol. The second-order valence-electron chi connectivity index (χ2n) is 5.67. The average molecular weight is 323 g/mol. The Morgan fingerprint density at radius 2 is 1.79 bits per heavy atom. The van der Waals surface area contributed by atoms with Gasteiger partial charge in [-0.25, -0.2) is 4.68 Å². The first-order valence-electron chi connectivity index (χ1n) is 8.04. The number of benzene rings is 1. The van der Waals surface area contributed by atoms with Gasteiger partial charge in [0.25, 0.3) is 0 Å². The lowest BCUT2D eigenvalue weighted by molar-refractivity contribution is 0.235. The van der Waals surface area contributed by atoms with E-state index in [1.165, 1.54) is 11.1 Å². The maximum Gasteiger partial charge on any atom is 0.0697 e. The van der Waals surface area contributed by atoms with Crippen molar-refractivity contribution in [3.63, 3.8) is 0 Å². The van der Waals surface area contributed by atoms with E-state index in [4.69, 9.17) is 0 Å². The van der Waals surface area contributed by atoms with Gasteiger partial charge in [-0.2, -0.15) is 0 Å². The summed E-state index contributed by atoms with van der Waals surface area (Å²) in [4.78, 5) is 4.02. The summed E-state index contributed by atoms with van der Waals surface area (Å²) in [7, 11) is 0. The molecule has 0 spiro atoms. The zero-order chi connectivity index (χ0) is 16.6. The molecule has 3 aromatic rings. The Morgan fingerprint density at radius 1 is 1.00 bits per heavy atom. The Hall–Kier alpha value is -2.57. The van der Waals surface area contributed by atoms with E-state index in [9.17, 15) is 5.11 Å². The number of aliphatic hydroxyl groups excluding tert-OH is 1. The molecule has 0 radical (unpaired) electrons. The highest BCUT2D eigenvalue weighted by atomic mass is 16.3. The summed E-state index contributed by atoms with van der Waals surface area (Å²) in [5, 5.41) is 20.7. The van der Waals surface area contributed by atoms with Gasteiger partial charge in [-0.1, -0.05) is 17.3 Å². The standard InChI is InChI=1S/C18H21N5O/c24-14-17(4-1-15-7-9-19-10-8-15)20-13-16-2-5-18(6-3-16)23-12-11-21-22-23/h2-3,5-12,17,20,24H,1,4,13-14H2. The molecule has 124 valence electrons. The maximum absolute atomic E-state index is 9.56. The third-order valence-corrected chi connectivity index (χ3v) is 3.97. The van der Waals surface area contributed by atoms with E-state index in [1.807, 2.05) is 30.5 Å². The molecule has 3 rings (SSSR count). The van der Waals surface area contributed by atoms with Gasteiger partial charge in [-0.3, -0.25) is 4.98 Å². The largest absolute Gasteiger partial charge is 0.395 e. The van der Waals surface area contributed by atoms with Crippen LogP contribution in [0.2, 0.25) is 0 Å². The molecule has 0 amide bonds. The van der Waals surface area contributed by atoms with E-state index in [1.54, 1.807) is 23.3 Å². The van der Waals surface area contributed by atoms with Crippen molar-refractivity contribution in [1.29, 1.82) is 0 Å². The molecule has 0 bridgehead atoms. The topological polar surface area (TPSA) is 75.9 Å². The van der Waals surface area contributed by atoms with Gasteiger partial charge < -0.3 is 10.4 Å². The van der Waals surface area contributed by atoms with Crippen molar-refractivity contribution in [3.05, 3.63) is 72.3 Å². The lowest BCUT2D eigenvalue weighted by Crippen LogP contribution is -2.32. The minimum atomic E-state index is 0.0770. The second kappa shape index (κ2) is 8.33. The summed E-state index contributed by atoms with van der Waals surface area (Å²) in [6.07, 6.45) is 8.88. The minimum absolute atomic E-state index is 0.0770. The fourth-order valence-electron chi connectivity index (χ4n) is 2.52. The molecule has 0 saturated heterocycles. The van der Waals surface area contributed by atoms with Crippen LogP contribution in [-0.4, -0.2) is 37.7 Å². The molecule has 6 heteroatoms. The van der Waals surface area contributed by atoms with E-state index in [0.717, 1.165) is 25.1 Å². The first kappa shape index (κ1) is 16.3. The highest BCUT2D eigenvalue weighted by Gasteiger charge is 2.07. The normalized spacial score (nSPS) is 12.2. The molecule has 2 heterocycles. The predicted octanol–water partition coefficient (Wildman–Crippen LogP) is 1.75. The number of hydrogen-bond acceptors (Lipinski definition) is 5. The summed E-state index contributed by atoms with van der Waals surface area (Å²) >= 11 is 0. The van der Waals surface area contributed by atoms with Crippen molar-refractivity contribution in [3.8, 4) is 5.69 Å². The Labute approximate surface area is 141 Å². The van der Waals surface area contributed by atoms with E-state index in [2.05, 4.69) is 32.7 Å². The van der Waals surface area contributed by atoms with E-state index < -0.39 is 0 Å². The zero-order valence-corrected chi connectivity index (χ0v) is 13.4. The van der Waals surface area contributed by atoms with Gasteiger partial charge in [-0.15, -0.1) is 5.10 Å². The molecule has 2 N–H and O–H groups in total. The van der Waals surface area contributed by atoms with Gasteiger partial charge in [0.15, 0.2) is 0 Å². The molecular formula is C18H21N5O. The third-order valence-electron chi connectivity index (χ3n) is 3.97. The first-order chi connectivity index (χ1) is 11.8. The Kier molecular flexibility index (Phi) is 5.65. The van der Waals surface area contributed by atoms with Gasteiger partial charge in [0.05, 0.1) is 24.7 Å². The zero-order valence-electron chi connectivity index (χ0n) is 13.4. The second-order valence-corrected chi connectivity index (χ2v) is 5.67. The third kappa shape index (κ3) is 4.47. The number of aromatic nitrogens is 4. The van der Waals surface area contributed by atoms with Gasteiger partial charge >= 0.3 is 0 Å². The summed E-state index contributed by atoms with van der Waals surface area (Å²) in [6, 6.07) is 12.2. The highest BCUT2D eigenvalue weighted by Crippen LogP contribution is 2.09. The molecule has 1 aromatic carbocycles. The molecule has 24 heavy (non-hydrogen) atoms. The summed E-state index contributed by atoms with van der Waals surface area (Å²) < 4.78 is 1.72. The molecule has 0 aliphatic heterocycles. The van der Waals surface area contributed by atoms with E-state index in [-0.39, 0.29) is 12.6 Å². The average Bonchev–Trinajstić information content (AvgIpc) is 3.18. The maximum atomic E-state index is 9.56. The highest BCUT2D eigenvalue weighted by molar-refractivity contribution is 5.33. The van der Waals surface area contributed by atoms with Crippen LogP contribution in [0, 0.1) is 0 Å². The summed E-state index contributed by atoms with van der Waals surface area (Å²) in [5.74, 6) is 0. The molecule has 6 nitrogen and oxygen atoms in total. The molecular weight excluding hydrogens is 302 g/mol. The minimum Gasteiger partial charge on any atom is -0.395 e. The number of nitrogens with one attached hydrogen (secondary N) is 1. The summed E-state index contributed by atoms with van der Waals surface area (Å²) in [5.41, 5.74) is 3.39. The number of rotatable bonds is 8. The summed E-state index contributed by atoms with van der Waals surface area (Å²) in [6.45, 7) is 0.849. The Morgan fingerprint density at radius 3 is 2.46 bits per heavy atom. The molecule has 0 aliphatic rings. The van der Waals surface area contributed by atoms with Crippen LogP contribution in [0.4, 0.5) is 0 Å². The van der Waals surface area contributed by atoms with Gasteiger partial charge in [-0.05, 0) is 48.2 Å². The number of hydrogen-bond donors (Lipinski definition) is 2. The molecule has 0 fully saturated rings. The molecule has 0 aliphatic carbocycles. The SMILES string of the molecule is OCC(CCc1ccncc1)NCc1ccc(-n2ccnn2)cc1. The van der Waals surface area contributed by atoms with E-state index in [0.29, 0.717) is 0 Å². The fourth-order valence-corrected chi connectivity index (χ4v) is 2.52. The van der Waals surface area contributed by atoms with E-state index >= 15 is 0 Å². The molecule has 1 atom stereocenters. The van der Waals surface area contributed by atoms with Crippen LogP contribution < -0.4 is 5.32 Å². The van der Waals surface area contributed by atoms with Crippen LogP contribution in [0.1, 0.15) is 17.5 Å². The molecule has 2 aromatic heterocycles. The van der Waals surface area contributed by atoms with Crippen molar-refractivity contribution in [2.45, 2.75) is 25.4 Å². The van der Waals surface area contributed by atoms with Crippen LogP contribution in [0.3, 0.4) is 0 Å². The van der Waals surface area contributed by atoms with Crippen LogP contribution >= 0.6 is 0 Å². The lowest BCUT2D eigenvalue weighted by Gasteiger charge is -2.16. The van der Waals surface area contributed by atoms with Crippen molar-refractivity contribution in [2.24, 2.45) is 0 Å². The van der Waals surface area contributed by atoms with Crippen molar-refractivity contribution in [2.75, 3.05) is 6.61 Å². The van der Waals surface area contributed by atoms with Crippen molar-refractivity contribution >= 4 is 0 Å². The number of aliphatic hydroxyl groups is 1. The monoisotopic (exact) mass is 323 g/mol. The van der Waals surface area contributed by atoms with Crippen LogP contribution in [0.5, 0.6) is 0 Å². The quantitative estimate of drug-likeness (QED) is 0.660. The lowest BCUT2D eigenvalue weighted by atomic mass is 10.1. The van der Waals surface area contributed by atoms with Gasteiger partial charge in [0, 0.05) is 25.0 Å². The number of nitrogens with zero attached hydrogens (tertiary/aromatic N) is 4. The van der Waals surface area contributed by atoms with Crippen LogP contribution in [0.15, 0.2) is 61.2 Å². The smallest absolute Gasteiger partial charge is 0.0697 e. The van der Waals surface area contributed by atoms with Gasteiger partial charge in [0.2, 0.25) is 0 Å².